The van der Waals surface area contributed by atoms with Gasteiger partial charge in [-0.2, -0.15) is 0 Å². The fourth-order valence-corrected chi connectivity index (χ4v) is 6.63. The fraction of sp³-hybridized carbons (Fsp3) is 0.933. The monoisotopic (exact) mass is 723 g/mol. The second-order valence-corrected chi connectivity index (χ2v) is 15.8. The first-order chi connectivity index (χ1) is 24.9. The van der Waals surface area contributed by atoms with Gasteiger partial charge < -0.3 is 14.2 Å². The maximum absolute atomic E-state index is 12.7. The molecule has 6 nitrogen and oxygen atoms in total. The summed E-state index contributed by atoms with van der Waals surface area (Å²) in [5.74, 6) is -0.0972. The largest absolute Gasteiger partial charge is 0.462 e. The minimum atomic E-state index is -0.759. The molecule has 0 spiro atoms. The third kappa shape index (κ3) is 39.5. The van der Waals surface area contributed by atoms with E-state index in [0.29, 0.717) is 19.3 Å². The van der Waals surface area contributed by atoms with Crippen LogP contribution >= 0.6 is 0 Å². The SMILES string of the molecule is CCCCCCCCCCCCCCCCC(=O)O[C@@H](COC(=O)CCCCCCCCCCCC)COC(=O)CCCCCCCCC(C)C. The lowest BCUT2D eigenvalue weighted by molar-refractivity contribution is -0.167. The second-order valence-electron chi connectivity index (χ2n) is 15.8. The molecule has 0 N–H and O–H groups in total. The zero-order valence-corrected chi connectivity index (χ0v) is 34.6. The molecule has 6 heteroatoms. The molecule has 51 heavy (non-hydrogen) atoms. The van der Waals surface area contributed by atoms with Gasteiger partial charge in [0.1, 0.15) is 13.2 Å². The maximum atomic E-state index is 12.7. The molecule has 0 radical (unpaired) electrons. The number of rotatable bonds is 40. The van der Waals surface area contributed by atoms with Crippen LogP contribution < -0.4 is 0 Å². The maximum Gasteiger partial charge on any atom is 0.306 e. The van der Waals surface area contributed by atoms with Gasteiger partial charge in [0, 0.05) is 19.3 Å². The molecule has 0 aliphatic carbocycles. The van der Waals surface area contributed by atoms with E-state index in [2.05, 4.69) is 27.7 Å². The molecule has 0 aliphatic heterocycles. The summed E-state index contributed by atoms with van der Waals surface area (Å²) in [4.78, 5) is 37.6. The van der Waals surface area contributed by atoms with Crippen molar-refractivity contribution in [3.8, 4) is 0 Å². The minimum Gasteiger partial charge on any atom is -0.462 e. The van der Waals surface area contributed by atoms with Gasteiger partial charge in [0.25, 0.3) is 0 Å². The molecule has 0 unspecified atom stereocenters. The topological polar surface area (TPSA) is 78.9 Å². The lowest BCUT2D eigenvalue weighted by Gasteiger charge is -2.18. The van der Waals surface area contributed by atoms with Gasteiger partial charge in [-0.15, -0.1) is 0 Å². The third-order valence-electron chi connectivity index (χ3n) is 10.0. The van der Waals surface area contributed by atoms with E-state index in [-0.39, 0.29) is 31.1 Å². The van der Waals surface area contributed by atoms with Crippen LogP contribution in [0, 0.1) is 5.92 Å². The molecular weight excluding hydrogens is 636 g/mol. The van der Waals surface area contributed by atoms with Crippen LogP contribution in [0.1, 0.15) is 246 Å². The van der Waals surface area contributed by atoms with Gasteiger partial charge in [-0.3, -0.25) is 14.4 Å². The highest BCUT2D eigenvalue weighted by atomic mass is 16.6. The van der Waals surface area contributed by atoms with E-state index in [9.17, 15) is 14.4 Å². The Morgan fingerprint density at radius 2 is 0.647 bits per heavy atom. The van der Waals surface area contributed by atoms with Crippen molar-refractivity contribution in [3.05, 3.63) is 0 Å². The number of unbranched alkanes of at least 4 members (excludes halogenated alkanes) is 27. The quantitative estimate of drug-likeness (QED) is 0.0356. The predicted octanol–water partition coefficient (Wildman–Crippen LogP) is 13.9. The molecule has 0 rings (SSSR count). The van der Waals surface area contributed by atoms with Gasteiger partial charge in [-0.1, -0.05) is 207 Å². The molecule has 0 saturated carbocycles. The Hall–Kier alpha value is -1.59. The van der Waals surface area contributed by atoms with Gasteiger partial charge in [0.2, 0.25) is 0 Å². The average Bonchev–Trinajstić information content (AvgIpc) is 3.11. The number of hydrogen-bond acceptors (Lipinski definition) is 6. The van der Waals surface area contributed by atoms with Crippen molar-refractivity contribution in [3.63, 3.8) is 0 Å². The number of hydrogen-bond donors (Lipinski definition) is 0. The standard InChI is InChI=1S/C45H86O6/c1-5-7-9-11-13-15-17-18-19-20-22-24-30-34-38-45(48)51-42(40-50-44(47)37-33-29-26-25-27-31-35-41(3)4)39-49-43(46)36-32-28-23-21-16-14-12-10-8-6-2/h41-42H,5-40H2,1-4H3/t42-/m0/s1. The normalized spacial score (nSPS) is 11.9. The van der Waals surface area contributed by atoms with Gasteiger partial charge in [0.05, 0.1) is 0 Å². The van der Waals surface area contributed by atoms with Crippen molar-refractivity contribution in [2.45, 2.75) is 252 Å². The first-order valence-electron chi connectivity index (χ1n) is 22.4. The molecule has 1 atom stereocenters. The summed E-state index contributed by atoms with van der Waals surface area (Å²) in [6, 6.07) is 0. The Bertz CT molecular complexity index is 766. The van der Waals surface area contributed by atoms with Crippen molar-refractivity contribution in [1.29, 1.82) is 0 Å². The van der Waals surface area contributed by atoms with Crippen LogP contribution in [0.5, 0.6) is 0 Å². The molecule has 0 saturated heterocycles. The molecule has 0 aromatic heterocycles. The lowest BCUT2D eigenvalue weighted by Crippen LogP contribution is -2.30. The number of carbonyl (C=O) groups excluding carboxylic acids is 3. The fourth-order valence-electron chi connectivity index (χ4n) is 6.63. The predicted molar refractivity (Wildman–Crippen MR) is 215 cm³/mol. The Morgan fingerprint density at radius 1 is 0.373 bits per heavy atom. The van der Waals surface area contributed by atoms with Gasteiger partial charge in [0.15, 0.2) is 6.10 Å². The lowest BCUT2D eigenvalue weighted by atomic mass is 10.0. The van der Waals surface area contributed by atoms with Crippen LogP contribution in [0.4, 0.5) is 0 Å². The Balaban J connectivity index is 4.31. The van der Waals surface area contributed by atoms with Crippen molar-refractivity contribution in [2.24, 2.45) is 5.92 Å². The zero-order chi connectivity index (χ0) is 37.5. The summed E-state index contributed by atoms with van der Waals surface area (Å²) in [5.41, 5.74) is 0. The summed E-state index contributed by atoms with van der Waals surface area (Å²) in [7, 11) is 0. The van der Waals surface area contributed by atoms with E-state index in [4.69, 9.17) is 14.2 Å². The smallest absolute Gasteiger partial charge is 0.306 e. The highest BCUT2D eigenvalue weighted by Crippen LogP contribution is 2.16. The highest BCUT2D eigenvalue weighted by Gasteiger charge is 2.19. The van der Waals surface area contributed by atoms with Crippen molar-refractivity contribution >= 4 is 17.9 Å². The van der Waals surface area contributed by atoms with Gasteiger partial charge in [-0.25, -0.2) is 0 Å². The van der Waals surface area contributed by atoms with Crippen molar-refractivity contribution < 1.29 is 28.6 Å². The summed E-state index contributed by atoms with van der Waals surface area (Å²) < 4.78 is 16.7. The van der Waals surface area contributed by atoms with Crippen LogP contribution in [-0.4, -0.2) is 37.2 Å². The summed E-state index contributed by atoms with van der Waals surface area (Å²) >= 11 is 0. The molecule has 302 valence electrons. The molecule has 0 aliphatic rings. The van der Waals surface area contributed by atoms with Crippen LogP contribution in [0.3, 0.4) is 0 Å². The van der Waals surface area contributed by atoms with Crippen molar-refractivity contribution in [2.75, 3.05) is 13.2 Å². The molecule has 0 amide bonds. The minimum absolute atomic E-state index is 0.0648. The Morgan fingerprint density at radius 3 is 0.961 bits per heavy atom. The highest BCUT2D eigenvalue weighted by molar-refractivity contribution is 5.71. The van der Waals surface area contributed by atoms with E-state index < -0.39 is 6.10 Å². The molecule has 0 aromatic carbocycles. The van der Waals surface area contributed by atoms with Crippen LogP contribution in [-0.2, 0) is 28.6 Å². The van der Waals surface area contributed by atoms with Gasteiger partial charge in [-0.05, 0) is 25.2 Å². The zero-order valence-electron chi connectivity index (χ0n) is 34.6. The molecule has 0 fully saturated rings. The van der Waals surface area contributed by atoms with Gasteiger partial charge >= 0.3 is 17.9 Å². The number of esters is 3. The van der Waals surface area contributed by atoms with Crippen LogP contribution in [0.15, 0.2) is 0 Å². The summed E-state index contributed by atoms with van der Waals surface area (Å²) in [6.45, 7) is 8.91. The molecule has 0 heterocycles. The van der Waals surface area contributed by atoms with Crippen LogP contribution in [0.2, 0.25) is 0 Å². The van der Waals surface area contributed by atoms with E-state index in [0.717, 1.165) is 63.7 Å². The first kappa shape index (κ1) is 49.4. The number of ether oxygens (including phenoxy) is 3. The van der Waals surface area contributed by atoms with Crippen LogP contribution in [0.25, 0.3) is 0 Å². The summed E-state index contributed by atoms with van der Waals surface area (Å²) in [5, 5.41) is 0. The molecule has 0 bridgehead atoms. The van der Waals surface area contributed by atoms with E-state index in [1.807, 2.05) is 0 Å². The molecule has 0 aromatic rings. The van der Waals surface area contributed by atoms with E-state index >= 15 is 0 Å². The first-order valence-corrected chi connectivity index (χ1v) is 22.4. The second kappa shape index (κ2) is 39.6. The average molecular weight is 723 g/mol. The summed E-state index contributed by atoms with van der Waals surface area (Å²) in [6.07, 6.45) is 38.1. The Labute approximate surface area is 317 Å². The van der Waals surface area contributed by atoms with Crippen molar-refractivity contribution in [1.82, 2.24) is 0 Å². The number of carbonyl (C=O) groups is 3. The van der Waals surface area contributed by atoms with E-state index in [1.54, 1.807) is 0 Å². The third-order valence-corrected chi connectivity index (χ3v) is 10.0. The Kier molecular flexibility index (Phi) is 38.4. The molecular formula is C45H86O6. The van der Waals surface area contributed by atoms with E-state index in [1.165, 1.54) is 141 Å².